The first-order valence-electron chi connectivity index (χ1n) is 23.8. The molecule has 6 heterocycles. The minimum Gasteiger partial charge on any atom is -0.474 e. The average molecular weight is 1090 g/mol. The van der Waals surface area contributed by atoms with Gasteiger partial charge in [0.15, 0.2) is 19.7 Å². The van der Waals surface area contributed by atoms with Crippen molar-refractivity contribution in [1.82, 2.24) is 29.7 Å². The van der Waals surface area contributed by atoms with Gasteiger partial charge in [0.1, 0.15) is 35.8 Å². The standard InChI is InChI=1S/C26H29ClN4O4S.C19H22ClN3O2.C7H8ClNO2S/c1-17-25(30-24-9-8-22(12-23(24)27)36(2,32)33)28-16-29-26(17)35-21-10-19-14-34-15-20(11-21)31(19)13-18-6-4-3-5-7-18;1-13-18(20)21-12-22-19(13)25-17-7-15-10-24-11-16(8-17)23(15)9-14-5-3-2-4-6-14;1-12(10,11)5-2-3-7(9)6(8)4-5/h3-9,12,16,19-21H,10-11,13-15H2,1-2H3,(H,28,29,30);2-6,12,15-17H,7-11H2,1H3;2-4H,9H2,1H3/t19-,20?,21?;15-,16?,17?;/m11./s1. The molecule has 21 heteroatoms. The summed E-state index contributed by atoms with van der Waals surface area (Å²) in [6.07, 6.45) is 8.92. The number of nitrogens with zero attached hydrogens (tertiary/aromatic N) is 6. The zero-order valence-corrected chi connectivity index (χ0v) is 44.8. The number of piperidine rings is 2. The van der Waals surface area contributed by atoms with Gasteiger partial charge in [0, 0.05) is 81.0 Å². The largest absolute Gasteiger partial charge is 0.474 e. The minimum atomic E-state index is -3.34. The molecular weight excluding hydrogens is 1040 g/mol. The van der Waals surface area contributed by atoms with Crippen molar-refractivity contribution in [2.45, 2.75) is 98.8 Å². The molecule has 6 atom stereocenters. The third-order valence-corrected chi connectivity index (χ3v) is 16.5. The Bertz CT molecular complexity index is 3050. The van der Waals surface area contributed by atoms with Gasteiger partial charge in [-0.25, -0.2) is 36.8 Å². The van der Waals surface area contributed by atoms with Gasteiger partial charge in [0.25, 0.3) is 0 Å². The number of fused-ring (bicyclic) bond motifs is 4. The summed E-state index contributed by atoms with van der Waals surface area (Å²) in [5.41, 5.74) is 10.5. The molecule has 4 aromatic carbocycles. The van der Waals surface area contributed by atoms with Gasteiger partial charge in [-0.2, -0.15) is 0 Å². The van der Waals surface area contributed by atoms with Crippen LogP contribution in [0.1, 0.15) is 47.9 Å². The van der Waals surface area contributed by atoms with E-state index in [2.05, 4.69) is 89.6 Å². The zero-order valence-electron chi connectivity index (χ0n) is 40.9. The van der Waals surface area contributed by atoms with Crippen LogP contribution >= 0.6 is 34.8 Å². The summed E-state index contributed by atoms with van der Waals surface area (Å²) in [5.74, 6) is 1.68. The molecule has 0 saturated carbocycles. The highest BCUT2D eigenvalue weighted by Gasteiger charge is 2.41. The minimum absolute atomic E-state index is 0.0232. The summed E-state index contributed by atoms with van der Waals surface area (Å²) in [6, 6.07) is 31.3. The Labute approximate surface area is 442 Å². The summed E-state index contributed by atoms with van der Waals surface area (Å²) >= 11 is 18.1. The molecule has 388 valence electrons. The number of ether oxygens (including phenoxy) is 4. The van der Waals surface area contributed by atoms with E-state index in [9.17, 15) is 16.8 Å². The molecule has 4 fully saturated rings. The van der Waals surface area contributed by atoms with Crippen LogP contribution in [-0.2, 0) is 42.2 Å². The van der Waals surface area contributed by atoms with E-state index in [1.807, 2.05) is 19.9 Å². The van der Waals surface area contributed by atoms with Gasteiger partial charge < -0.3 is 30.0 Å². The molecule has 0 aliphatic carbocycles. The number of morpholine rings is 2. The first kappa shape index (κ1) is 54.1. The monoisotopic (exact) mass is 1090 g/mol. The number of hydrogen-bond donors (Lipinski definition) is 2. The number of nitrogens with two attached hydrogens (primary N) is 1. The fourth-order valence-electron chi connectivity index (χ4n) is 9.40. The molecule has 16 nitrogen and oxygen atoms in total. The summed E-state index contributed by atoms with van der Waals surface area (Å²) in [7, 11) is -6.53. The Morgan fingerprint density at radius 3 is 1.49 bits per heavy atom. The van der Waals surface area contributed by atoms with Gasteiger partial charge in [-0.1, -0.05) is 95.5 Å². The first-order chi connectivity index (χ1) is 34.9. The van der Waals surface area contributed by atoms with E-state index in [0.29, 0.717) is 59.4 Å². The number of hydrogen-bond acceptors (Lipinski definition) is 16. The molecule has 4 bridgehead atoms. The number of aromatic nitrogens is 4. The number of benzene rings is 4. The highest BCUT2D eigenvalue weighted by atomic mass is 35.5. The molecule has 4 saturated heterocycles. The molecule has 4 unspecified atom stereocenters. The van der Waals surface area contributed by atoms with Crippen LogP contribution in [0.4, 0.5) is 17.2 Å². The third-order valence-electron chi connectivity index (χ3n) is 13.3. The molecular formula is C52H59Cl3N8O8S2. The van der Waals surface area contributed by atoms with Gasteiger partial charge in [-0.15, -0.1) is 0 Å². The number of halogens is 3. The molecule has 3 N–H and O–H groups in total. The Morgan fingerprint density at radius 1 is 0.603 bits per heavy atom. The van der Waals surface area contributed by atoms with Crippen molar-refractivity contribution in [1.29, 1.82) is 0 Å². The summed E-state index contributed by atoms with van der Waals surface area (Å²) in [4.78, 5) is 22.4. The van der Waals surface area contributed by atoms with Crippen LogP contribution in [0.2, 0.25) is 15.2 Å². The molecule has 0 amide bonds. The van der Waals surface area contributed by atoms with Gasteiger partial charge in [0.05, 0.1) is 63.2 Å². The smallest absolute Gasteiger partial charge is 0.221 e. The SMILES string of the molecule is CS(=O)(=O)c1ccc(N)c(Cl)c1.Cc1c(Cl)ncnc1OC1CC2COC[C@@H](C1)N2Cc1ccccc1.Cc1c(Nc2ccc(S(C)(=O)=O)cc2Cl)ncnc1OC1CC2COC[C@@H](C1)N2Cc1ccccc1. The lowest BCUT2D eigenvalue weighted by molar-refractivity contribution is -0.104. The van der Waals surface area contributed by atoms with Crippen molar-refractivity contribution in [3.8, 4) is 11.8 Å². The molecule has 4 aliphatic heterocycles. The number of anilines is 3. The van der Waals surface area contributed by atoms with Crippen molar-refractivity contribution in [2.24, 2.45) is 0 Å². The van der Waals surface area contributed by atoms with Gasteiger partial charge >= 0.3 is 0 Å². The zero-order chi connectivity index (χ0) is 51.9. The van der Waals surface area contributed by atoms with Crippen LogP contribution in [0.25, 0.3) is 0 Å². The van der Waals surface area contributed by atoms with Crippen molar-refractivity contribution in [3.05, 3.63) is 147 Å². The second kappa shape index (κ2) is 24.0. The number of rotatable bonds is 12. The Morgan fingerprint density at radius 2 is 1.04 bits per heavy atom. The van der Waals surface area contributed by atoms with E-state index in [0.717, 1.165) is 75.6 Å². The Kier molecular flexibility index (Phi) is 17.8. The van der Waals surface area contributed by atoms with E-state index in [1.54, 1.807) is 6.07 Å². The first-order valence-corrected chi connectivity index (χ1v) is 28.7. The average Bonchev–Trinajstić information content (AvgIpc) is 3.34. The highest BCUT2D eigenvalue weighted by molar-refractivity contribution is 7.91. The quantitative estimate of drug-likeness (QED) is 0.0868. The van der Waals surface area contributed by atoms with Gasteiger partial charge in [-0.3, -0.25) is 9.80 Å². The third kappa shape index (κ3) is 14.2. The maximum atomic E-state index is 11.8. The molecule has 10 rings (SSSR count). The maximum Gasteiger partial charge on any atom is 0.221 e. The van der Waals surface area contributed by atoms with Crippen molar-refractivity contribution in [2.75, 3.05) is 50.0 Å². The lowest BCUT2D eigenvalue weighted by Gasteiger charge is -2.48. The molecule has 0 spiro atoms. The topological polar surface area (TPSA) is 201 Å². The summed E-state index contributed by atoms with van der Waals surface area (Å²) in [6.45, 7) is 8.56. The van der Waals surface area contributed by atoms with Gasteiger partial charge in [-0.05, 0) is 61.4 Å². The van der Waals surface area contributed by atoms with E-state index in [1.165, 1.54) is 54.1 Å². The van der Waals surface area contributed by atoms with E-state index < -0.39 is 19.7 Å². The Hall–Kier alpha value is -5.15. The van der Waals surface area contributed by atoms with E-state index >= 15 is 0 Å². The normalized spacial score (nSPS) is 21.9. The second-order valence-corrected chi connectivity index (χ2v) is 23.9. The second-order valence-electron chi connectivity index (χ2n) is 18.7. The molecule has 6 aromatic rings. The lowest BCUT2D eigenvalue weighted by atomic mass is 9.91. The number of sulfone groups is 2. The van der Waals surface area contributed by atoms with Crippen LogP contribution in [0, 0.1) is 13.8 Å². The van der Waals surface area contributed by atoms with Crippen LogP contribution in [0.3, 0.4) is 0 Å². The maximum absolute atomic E-state index is 11.8. The molecule has 4 aliphatic rings. The number of nitrogen functional groups attached to an aromatic ring is 1. The molecule has 2 aromatic heterocycles. The summed E-state index contributed by atoms with van der Waals surface area (Å²) in [5, 5.41) is 4.19. The predicted molar refractivity (Wildman–Crippen MR) is 283 cm³/mol. The van der Waals surface area contributed by atoms with E-state index in [4.69, 9.17) is 59.5 Å². The number of nitrogens with one attached hydrogen (secondary N) is 1. The van der Waals surface area contributed by atoms with Crippen molar-refractivity contribution < 1.29 is 35.8 Å². The Balaban J connectivity index is 0.000000165. The van der Waals surface area contributed by atoms with Crippen molar-refractivity contribution in [3.63, 3.8) is 0 Å². The lowest BCUT2D eigenvalue weighted by Crippen LogP contribution is -2.58. The van der Waals surface area contributed by atoms with Crippen LogP contribution in [0.5, 0.6) is 11.8 Å². The predicted octanol–water partition coefficient (Wildman–Crippen LogP) is 8.97. The molecule has 73 heavy (non-hydrogen) atoms. The van der Waals surface area contributed by atoms with Crippen LogP contribution < -0.4 is 20.5 Å². The van der Waals surface area contributed by atoms with Crippen LogP contribution in [0.15, 0.2) is 120 Å². The fourth-order valence-corrected chi connectivity index (χ4v) is 11.4. The van der Waals surface area contributed by atoms with Crippen LogP contribution in [-0.4, -0.2) is 122 Å². The highest BCUT2D eigenvalue weighted by Crippen LogP contribution is 2.36. The van der Waals surface area contributed by atoms with Crippen molar-refractivity contribution >= 4 is 71.7 Å². The summed E-state index contributed by atoms with van der Waals surface area (Å²) < 4.78 is 69.9. The van der Waals surface area contributed by atoms with Gasteiger partial charge in [0.2, 0.25) is 11.8 Å². The van der Waals surface area contributed by atoms with E-state index in [-0.39, 0.29) is 44.1 Å². The fraction of sp³-hybridized carbons (Fsp3) is 0.385. The molecule has 0 radical (unpaired) electrons.